The van der Waals surface area contributed by atoms with Gasteiger partial charge < -0.3 is 11.5 Å². The Balaban J connectivity index is 2.01. The lowest BCUT2D eigenvalue weighted by Gasteiger charge is -2.12. The first-order valence-electron chi connectivity index (χ1n) is 8.95. The predicted molar refractivity (Wildman–Crippen MR) is 114 cm³/mol. The van der Waals surface area contributed by atoms with Gasteiger partial charge in [0, 0.05) is 18.2 Å². The van der Waals surface area contributed by atoms with E-state index >= 15 is 0 Å². The van der Waals surface area contributed by atoms with Crippen LogP contribution in [0.5, 0.6) is 0 Å². The van der Waals surface area contributed by atoms with Gasteiger partial charge in [-0.3, -0.25) is 9.20 Å². The minimum atomic E-state index is -0.172. The van der Waals surface area contributed by atoms with Gasteiger partial charge in [-0.2, -0.15) is 0 Å². The summed E-state index contributed by atoms with van der Waals surface area (Å²) in [6.07, 6.45) is 2.45. The predicted octanol–water partition coefficient (Wildman–Crippen LogP) is 1.90. The van der Waals surface area contributed by atoms with E-state index < -0.39 is 0 Å². The van der Waals surface area contributed by atoms with Gasteiger partial charge in [-0.05, 0) is 24.6 Å². The molecule has 7 heteroatoms. The van der Waals surface area contributed by atoms with Crippen LogP contribution in [0.3, 0.4) is 0 Å². The highest BCUT2D eigenvalue weighted by atomic mass is 32.1. The number of benzene rings is 1. The minimum absolute atomic E-state index is 0.154. The number of aromatic nitrogens is 3. The van der Waals surface area contributed by atoms with E-state index in [9.17, 15) is 4.79 Å². The second kappa shape index (κ2) is 7.01. The van der Waals surface area contributed by atoms with Gasteiger partial charge >= 0.3 is 0 Å². The molecular formula is C21H20N5OS+. The molecular weight excluding hydrogens is 370 g/mol. The van der Waals surface area contributed by atoms with Crippen LogP contribution in [0, 0.1) is 6.92 Å². The quantitative estimate of drug-likeness (QED) is 0.316. The minimum Gasteiger partial charge on any atom is -0.389 e. The van der Waals surface area contributed by atoms with Gasteiger partial charge in [0.15, 0.2) is 0 Å². The molecule has 0 aliphatic rings. The van der Waals surface area contributed by atoms with Crippen molar-refractivity contribution in [3.8, 4) is 0 Å². The standard InChI is InChI=1S/C21H19N5OS/c1-13-6-5-10-26-19(13)24-20-16(21(26)27)12-15(18(23)28)17(22)25(20)11-9-14-7-3-2-4-8-14/h2-8,10,12,22H,9,11H2,1H3,(H2,23,28)/p+1. The fraction of sp³-hybridized carbons (Fsp3) is 0.143. The second-order valence-electron chi connectivity index (χ2n) is 6.73. The van der Waals surface area contributed by atoms with Crippen LogP contribution in [-0.2, 0) is 13.0 Å². The van der Waals surface area contributed by atoms with Crippen LogP contribution in [0.25, 0.3) is 16.7 Å². The Morgan fingerprint density at radius 1 is 1.21 bits per heavy atom. The molecule has 0 spiro atoms. The number of nitrogen functional groups attached to an aromatic ring is 1. The molecule has 0 saturated heterocycles. The Kier molecular flexibility index (Phi) is 4.52. The number of fused-ring (bicyclic) bond motifs is 2. The summed E-state index contributed by atoms with van der Waals surface area (Å²) in [6, 6.07) is 15.5. The molecule has 0 bridgehead atoms. The fourth-order valence-corrected chi connectivity index (χ4v) is 3.58. The first-order chi connectivity index (χ1) is 13.5. The number of nitrogens with two attached hydrogens (primary N) is 2. The van der Waals surface area contributed by atoms with Crippen molar-refractivity contribution >= 4 is 39.7 Å². The van der Waals surface area contributed by atoms with Gasteiger partial charge in [-0.1, -0.05) is 53.6 Å². The van der Waals surface area contributed by atoms with Gasteiger partial charge in [-0.25, -0.2) is 4.57 Å². The zero-order valence-corrected chi connectivity index (χ0v) is 16.2. The highest BCUT2D eigenvalue weighted by Crippen LogP contribution is 2.16. The number of rotatable bonds is 4. The number of anilines is 1. The van der Waals surface area contributed by atoms with Gasteiger partial charge in [-0.15, -0.1) is 0 Å². The molecule has 0 amide bonds. The van der Waals surface area contributed by atoms with Crippen molar-refractivity contribution in [1.82, 2.24) is 9.38 Å². The molecule has 3 heterocycles. The first-order valence-corrected chi connectivity index (χ1v) is 9.36. The Bertz CT molecular complexity index is 1280. The molecule has 1 aromatic carbocycles. The van der Waals surface area contributed by atoms with Crippen LogP contribution >= 0.6 is 12.2 Å². The van der Waals surface area contributed by atoms with Crippen molar-refractivity contribution in [2.24, 2.45) is 5.73 Å². The van der Waals surface area contributed by atoms with E-state index in [1.165, 1.54) is 0 Å². The highest BCUT2D eigenvalue weighted by molar-refractivity contribution is 7.80. The number of hydrogen-bond acceptors (Lipinski definition) is 4. The number of thiocarbonyl (C=S) groups is 1. The largest absolute Gasteiger partial charge is 0.389 e. The third-order valence-corrected chi connectivity index (χ3v) is 5.13. The number of aryl methyl sites for hydroxylation is 3. The van der Waals surface area contributed by atoms with E-state index in [0.717, 1.165) is 17.5 Å². The summed E-state index contributed by atoms with van der Waals surface area (Å²) in [7, 11) is 0. The molecule has 0 atom stereocenters. The SMILES string of the molecule is Cc1cccn2c(=O)c3cc(C(N)=S)c(N)[n+](CCc4ccccc4)c3nc12. The maximum absolute atomic E-state index is 13.1. The maximum Gasteiger partial charge on any atom is 0.278 e. The second-order valence-corrected chi connectivity index (χ2v) is 7.17. The molecule has 4 rings (SSSR count). The fourth-order valence-electron chi connectivity index (χ4n) is 3.42. The zero-order chi connectivity index (χ0) is 19.8. The van der Waals surface area contributed by atoms with Crippen molar-refractivity contribution in [1.29, 1.82) is 0 Å². The lowest BCUT2D eigenvalue weighted by molar-refractivity contribution is -0.658. The summed E-state index contributed by atoms with van der Waals surface area (Å²) >= 11 is 5.16. The van der Waals surface area contributed by atoms with Crippen molar-refractivity contribution in [3.05, 3.63) is 81.8 Å². The van der Waals surface area contributed by atoms with Gasteiger partial charge in [0.25, 0.3) is 11.2 Å². The van der Waals surface area contributed by atoms with Crippen LogP contribution in [0.15, 0.2) is 59.5 Å². The first kappa shape index (κ1) is 18.1. The summed E-state index contributed by atoms with van der Waals surface area (Å²) in [5, 5.41) is 0.438. The molecule has 0 aliphatic carbocycles. The van der Waals surface area contributed by atoms with Crippen LogP contribution in [0.1, 0.15) is 16.7 Å². The summed E-state index contributed by atoms with van der Waals surface area (Å²) < 4.78 is 3.38. The third-order valence-electron chi connectivity index (χ3n) is 4.91. The number of pyridine rings is 2. The smallest absolute Gasteiger partial charge is 0.278 e. The Morgan fingerprint density at radius 3 is 2.68 bits per heavy atom. The maximum atomic E-state index is 13.1. The number of nitrogens with zero attached hydrogens (tertiary/aromatic N) is 3. The van der Waals surface area contributed by atoms with E-state index in [2.05, 4.69) is 12.1 Å². The monoisotopic (exact) mass is 390 g/mol. The molecule has 28 heavy (non-hydrogen) atoms. The van der Waals surface area contributed by atoms with Crippen molar-refractivity contribution in [3.63, 3.8) is 0 Å². The van der Waals surface area contributed by atoms with Crippen LogP contribution in [-0.4, -0.2) is 14.4 Å². The molecule has 0 saturated carbocycles. The lowest BCUT2D eigenvalue weighted by Crippen LogP contribution is -2.43. The van der Waals surface area contributed by atoms with Gasteiger partial charge in [0.2, 0.25) is 11.5 Å². The summed E-state index contributed by atoms with van der Waals surface area (Å²) in [5.74, 6) is 0.417. The average molecular weight is 390 g/mol. The van der Waals surface area contributed by atoms with E-state index in [1.54, 1.807) is 16.7 Å². The normalized spacial score (nSPS) is 11.2. The molecule has 0 radical (unpaired) electrons. The van der Waals surface area contributed by atoms with Gasteiger partial charge in [0.05, 0.1) is 12.1 Å². The Hall–Kier alpha value is -3.32. The molecule has 0 aliphatic heterocycles. The van der Waals surface area contributed by atoms with Crippen molar-refractivity contribution in [2.45, 2.75) is 19.9 Å². The summed E-state index contributed by atoms with van der Waals surface area (Å²) in [6.45, 7) is 2.48. The van der Waals surface area contributed by atoms with Crippen LogP contribution in [0.2, 0.25) is 0 Å². The molecule has 4 N–H and O–H groups in total. The van der Waals surface area contributed by atoms with E-state index in [1.807, 2.05) is 41.8 Å². The zero-order valence-electron chi connectivity index (χ0n) is 15.4. The van der Waals surface area contributed by atoms with Crippen molar-refractivity contribution in [2.75, 3.05) is 5.73 Å². The molecule has 140 valence electrons. The van der Waals surface area contributed by atoms with Crippen LogP contribution < -0.4 is 21.6 Å². The van der Waals surface area contributed by atoms with Crippen LogP contribution in [0.4, 0.5) is 5.82 Å². The van der Waals surface area contributed by atoms with E-state index in [0.29, 0.717) is 34.6 Å². The van der Waals surface area contributed by atoms with E-state index in [4.69, 9.17) is 28.7 Å². The topological polar surface area (TPSA) is 90.3 Å². The van der Waals surface area contributed by atoms with Crippen molar-refractivity contribution < 1.29 is 4.57 Å². The summed E-state index contributed by atoms with van der Waals surface area (Å²) in [5.41, 5.74) is 15.8. The Morgan fingerprint density at radius 2 is 1.96 bits per heavy atom. The highest BCUT2D eigenvalue weighted by Gasteiger charge is 2.22. The molecule has 0 unspecified atom stereocenters. The third kappa shape index (κ3) is 2.99. The molecule has 6 nitrogen and oxygen atoms in total. The molecule has 0 fully saturated rings. The molecule has 3 aromatic heterocycles. The lowest BCUT2D eigenvalue weighted by atomic mass is 10.1. The van der Waals surface area contributed by atoms with E-state index in [-0.39, 0.29) is 10.5 Å². The van der Waals surface area contributed by atoms with Gasteiger partial charge in [0.1, 0.15) is 10.4 Å². The molecule has 4 aromatic rings. The Labute approximate surface area is 167 Å². The number of hydrogen-bond donors (Lipinski definition) is 2. The summed E-state index contributed by atoms with van der Waals surface area (Å²) in [4.78, 5) is 18.1. The average Bonchev–Trinajstić information content (AvgIpc) is 2.68.